The largest absolute Gasteiger partial charge is 0.508 e. The van der Waals surface area contributed by atoms with Gasteiger partial charge in [0.2, 0.25) is 41.4 Å². The van der Waals surface area contributed by atoms with Gasteiger partial charge < -0.3 is 67.0 Å². The van der Waals surface area contributed by atoms with Crippen molar-refractivity contribution in [1.82, 2.24) is 36.4 Å². The van der Waals surface area contributed by atoms with Gasteiger partial charge in [-0.1, -0.05) is 82.4 Å². The first-order valence-electron chi connectivity index (χ1n) is 25.9. The highest BCUT2D eigenvalue weighted by atomic mass is 16.3. The smallest absolute Gasteiger partial charge is 0.248 e. The van der Waals surface area contributed by atoms with Crippen molar-refractivity contribution < 1.29 is 64.2 Å². The SMILES string of the molecule is CCCCC/C=C\C/C=C\CCCCCCCC(=O)N[C@H]1CCCNC(=O)[C@@H]2[C@@H](O)[C@@H](C)CN2C(=O)[C@H]([C@@H](C)O)NC(=O)[C@H]([C@H](O)Cc2ccc(O)cc2)NC(=O)[C@@H]2C[C@@H](O)CN2C(=O)[C@H]([C@@H](C)O)NC1=O. The number of aliphatic hydroxyl groups is 5. The number of hydrogen-bond acceptors (Lipinski definition) is 13. The van der Waals surface area contributed by atoms with E-state index < -0.39 is 121 Å². The van der Waals surface area contributed by atoms with Crippen LogP contribution in [0.3, 0.4) is 0 Å². The zero-order chi connectivity index (χ0) is 52.9. The van der Waals surface area contributed by atoms with Crippen LogP contribution in [0.2, 0.25) is 0 Å². The van der Waals surface area contributed by atoms with Gasteiger partial charge in [-0.05, 0) is 82.9 Å². The number of phenols is 1. The average Bonchev–Trinajstić information content (AvgIpc) is 3.88. The molecular weight excluding hydrogens is 931 g/mol. The topological polar surface area (TPSA) is 307 Å². The number of carbonyl (C=O) groups is 7. The van der Waals surface area contributed by atoms with Crippen LogP contribution in [-0.4, -0.2) is 168 Å². The molecule has 0 aromatic heterocycles. The molecule has 1 aromatic carbocycles. The molecule has 402 valence electrons. The van der Waals surface area contributed by atoms with Crippen molar-refractivity contribution in [2.75, 3.05) is 19.6 Å². The van der Waals surface area contributed by atoms with Gasteiger partial charge in [0.1, 0.15) is 42.0 Å². The fourth-order valence-electron chi connectivity index (χ4n) is 9.32. The predicted molar refractivity (Wildman–Crippen MR) is 267 cm³/mol. The lowest BCUT2D eigenvalue weighted by atomic mass is 9.99. The number of hydrogen-bond donors (Lipinski definition) is 11. The van der Waals surface area contributed by atoms with E-state index in [2.05, 4.69) is 57.8 Å². The monoisotopic (exact) mass is 1010 g/mol. The molecule has 20 heteroatoms. The normalized spacial score (nSPS) is 27.6. The van der Waals surface area contributed by atoms with E-state index in [-0.39, 0.29) is 50.9 Å². The Morgan fingerprint density at radius 2 is 1.32 bits per heavy atom. The zero-order valence-electron chi connectivity index (χ0n) is 42.4. The van der Waals surface area contributed by atoms with Crippen LogP contribution < -0.4 is 26.6 Å². The van der Waals surface area contributed by atoms with Gasteiger partial charge in [0.05, 0.1) is 30.5 Å². The summed E-state index contributed by atoms with van der Waals surface area (Å²) in [6.45, 7) is 5.58. The van der Waals surface area contributed by atoms with Crippen molar-refractivity contribution in [3.63, 3.8) is 0 Å². The minimum Gasteiger partial charge on any atom is -0.508 e. The number of unbranched alkanes of at least 4 members (excludes halogenated alkanes) is 8. The van der Waals surface area contributed by atoms with Crippen LogP contribution in [0, 0.1) is 5.92 Å². The van der Waals surface area contributed by atoms with Crippen molar-refractivity contribution in [2.45, 2.75) is 197 Å². The van der Waals surface area contributed by atoms with Crippen molar-refractivity contribution in [3.8, 4) is 5.75 Å². The van der Waals surface area contributed by atoms with E-state index in [4.69, 9.17) is 0 Å². The molecule has 0 unspecified atom stereocenters. The third kappa shape index (κ3) is 18.0. The average molecular weight is 1010 g/mol. The molecule has 11 N–H and O–H groups in total. The minimum atomic E-state index is -1.88. The summed E-state index contributed by atoms with van der Waals surface area (Å²) >= 11 is 0. The molecule has 3 aliphatic heterocycles. The van der Waals surface area contributed by atoms with Gasteiger partial charge in [0.25, 0.3) is 0 Å². The molecule has 72 heavy (non-hydrogen) atoms. The summed E-state index contributed by atoms with van der Waals surface area (Å²) in [5.41, 5.74) is 0.418. The van der Waals surface area contributed by atoms with Gasteiger partial charge in [-0.25, -0.2) is 0 Å². The lowest BCUT2D eigenvalue weighted by Gasteiger charge is -2.33. The van der Waals surface area contributed by atoms with Gasteiger partial charge in [0.15, 0.2) is 0 Å². The molecule has 1 aromatic rings. The van der Waals surface area contributed by atoms with Crippen LogP contribution in [0.15, 0.2) is 48.6 Å². The van der Waals surface area contributed by atoms with E-state index >= 15 is 0 Å². The molecule has 3 aliphatic rings. The number of aromatic hydroxyl groups is 1. The van der Waals surface area contributed by atoms with E-state index in [0.717, 1.165) is 54.7 Å². The van der Waals surface area contributed by atoms with Gasteiger partial charge in [-0.2, -0.15) is 0 Å². The van der Waals surface area contributed by atoms with Crippen LogP contribution in [0.5, 0.6) is 5.75 Å². The van der Waals surface area contributed by atoms with E-state index in [1.807, 2.05) is 0 Å². The molecule has 0 radical (unpaired) electrons. The number of benzene rings is 1. The second kappa shape index (κ2) is 29.9. The molecule has 0 bridgehead atoms. The Morgan fingerprint density at radius 3 is 1.96 bits per heavy atom. The quantitative estimate of drug-likeness (QED) is 0.0640. The van der Waals surface area contributed by atoms with Crippen LogP contribution in [0.25, 0.3) is 0 Å². The van der Waals surface area contributed by atoms with E-state index in [0.29, 0.717) is 12.0 Å². The third-order valence-corrected chi connectivity index (χ3v) is 13.6. The van der Waals surface area contributed by atoms with Crippen molar-refractivity contribution in [3.05, 3.63) is 54.1 Å². The Kier molecular flexibility index (Phi) is 24.6. The van der Waals surface area contributed by atoms with Crippen molar-refractivity contribution in [2.24, 2.45) is 5.92 Å². The van der Waals surface area contributed by atoms with E-state index in [1.165, 1.54) is 57.4 Å². The summed E-state index contributed by atoms with van der Waals surface area (Å²) in [7, 11) is 0. The first-order chi connectivity index (χ1) is 34.3. The second-order valence-electron chi connectivity index (χ2n) is 19.7. The summed E-state index contributed by atoms with van der Waals surface area (Å²) in [6, 6.07) is -3.98. The van der Waals surface area contributed by atoms with Gasteiger partial charge >= 0.3 is 0 Å². The molecule has 3 heterocycles. The Hall–Kier alpha value is -5.41. The van der Waals surface area contributed by atoms with Gasteiger partial charge in [-0.3, -0.25) is 33.6 Å². The van der Waals surface area contributed by atoms with Crippen LogP contribution in [0.1, 0.15) is 130 Å². The Morgan fingerprint density at radius 1 is 0.736 bits per heavy atom. The molecule has 20 nitrogen and oxygen atoms in total. The lowest BCUT2D eigenvalue weighted by molar-refractivity contribution is -0.147. The number of phenolic OH excluding ortho intramolecular Hbond substituents is 1. The summed E-state index contributed by atoms with van der Waals surface area (Å²) in [4.78, 5) is 100. The first kappa shape index (κ1) is 59.2. The summed E-state index contributed by atoms with van der Waals surface area (Å²) in [5, 5.41) is 78.0. The second-order valence-corrected chi connectivity index (χ2v) is 19.7. The number of fused-ring (bicyclic) bond motifs is 2. The maximum absolute atomic E-state index is 14.3. The molecule has 4 rings (SSSR count). The number of carbonyl (C=O) groups excluding carboxylic acids is 7. The fraction of sp³-hybridized carbons (Fsp3) is 0.673. The van der Waals surface area contributed by atoms with Gasteiger partial charge in [0, 0.05) is 44.8 Å². The third-order valence-electron chi connectivity index (χ3n) is 13.6. The van der Waals surface area contributed by atoms with Crippen LogP contribution in [0.4, 0.5) is 0 Å². The van der Waals surface area contributed by atoms with Crippen LogP contribution in [-0.2, 0) is 40.0 Å². The molecule has 0 aliphatic carbocycles. The highest BCUT2D eigenvalue weighted by Crippen LogP contribution is 2.26. The van der Waals surface area contributed by atoms with Crippen molar-refractivity contribution >= 4 is 41.4 Å². The number of nitrogens with one attached hydrogen (secondary N) is 5. The fourth-order valence-corrected chi connectivity index (χ4v) is 9.32. The molecule has 3 fully saturated rings. The zero-order valence-corrected chi connectivity index (χ0v) is 42.4. The molecule has 0 saturated carbocycles. The Balaban J connectivity index is 1.55. The highest BCUT2D eigenvalue weighted by Gasteiger charge is 2.49. The lowest BCUT2D eigenvalue weighted by Crippen LogP contribution is -2.64. The highest BCUT2D eigenvalue weighted by molar-refractivity contribution is 5.98. The number of allylic oxidation sites excluding steroid dienone is 4. The summed E-state index contributed by atoms with van der Waals surface area (Å²) < 4.78 is 0. The maximum Gasteiger partial charge on any atom is 0.248 e. The number of nitrogens with zero attached hydrogens (tertiary/aromatic N) is 2. The maximum atomic E-state index is 14.3. The molecular formula is C52H81N7O13. The Bertz CT molecular complexity index is 2000. The van der Waals surface area contributed by atoms with Crippen molar-refractivity contribution in [1.29, 1.82) is 0 Å². The standard InChI is InChI=1S/C52H81N7O13/c1-5-6-7-8-9-10-11-12-13-14-15-16-17-18-19-22-41(65)54-38-21-20-27-53-50(70)45-46(66)32(2)30-59(45)52(72)43(34(4)61)56-49(69)44(40(64)28-35-23-25-36(62)26-24-35)57-48(68)39-29-37(63)31-58(39)51(71)42(33(3)60)55-47(38)67/h9-10,12-13,23-26,32-34,37-40,42-46,60-64,66H,5-8,11,14-22,27-31H2,1-4H3,(H,53,70)(H,54,65)(H,55,67)(H,56,69)(H,57,68)/b10-9-,13-12-/t32-,33+,34+,37+,38-,39-,40+,42-,43-,44-,45-,46-/m0/s1. The molecule has 7 amide bonds. The minimum absolute atomic E-state index is 0.0650. The van der Waals surface area contributed by atoms with Gasteiger partial charge in [-0.15, -0.1) is 0 Å². The summed E-state index contributed by atoms with van der Waals surface area (Å²) in [5.74, 6) is -6.87. The van der Waals surface area contributed by atoms with Crippen LogP contribution >= 0.6 is 0 Å². The van der Waals surface area contributed by atoms with E-state index in [1.54, 1.807) is 6.92 Å². The summed E-state index contributed by atoms with van der Waals surface area (Å²) in [6.07, 6.45) is 11.7. The van der Waals surface area contributed by atoms with E-state index in [9.17, 15) is 64.2 Å². The molecule has 3 saturated heterocycles. The number of amides is 7. The number of aliphatic hydroxyl groups excluding tert-OH is 5. The number of rotatable bonds is 20. The molecule has 0 spiro atoms. The molecule has 12 atom stereocenters. The Labute approximate surface area is 423 Å². The predicted octanol–water partition coefficient (Wildman–Crippen LogP) is 0.890. The first-order valence-corrected chi connectivity index (χ1v) is 25.9.